The topological polar surface area (TPSA) is 76.6 Å². The predicted octanol–water partition coefficient (Wildman–Crippen LogP) is 4.71. The highest BCUT2D eigenvalue weighted by molar-refractivity contribution is 5.99. The molecule has 0 radical (unpaired) electrons. The average Bonchev–Trinajstić information content (AvgIpc) is 3.15. The molecule has 2 aromatic heterocycles. The number of carbonyl (C=O) groups excluding carboxylic acids is 1. The number of nitrogens with zero attached hydrogens (tertiary/aromatic N) is 3. The number of hydrogen-bond acceptors (Lipinski definition) is 6. The van der Waals surface area contributed by atoms with Gasteiger partial charge in [0, 0.05) is 42.5 Å². The molecule has 5 rings (SSSR count). The summed E-state index contributed by atoms with van der Waals surface area (Å²) in [4.78, 5) is 24.5. The van der Waals surface area contributed by atoms with Crippen molar-refractivity contribution in [1.82, 2.24) is 14.9 Å². The Hall–Kier alpha value is -3.97. The molecule has 7 nitrogen and oxygen atoms in total. The summed E-state index contributed by atoms with van der Waals surface area (Å²) in [5, 5.41) is 4.40. The molecule has 7 heteroatoms. The second-order valence-electron chi connectivity index (χ2n) is 8.64. The monoisotopic (exact) mass is 468 g/mol. The van der Waals surface area contributed by atoms with Crippen LogP contribution in [0.15, 0.2) is 79.1 Å². The maximum absolute atomic E-state index is 13.6. The second kappa shape index (κ2) is 10.5. The maximum Gasteiger partial charge on any atom is 0.257 e. The van der Waals surface area contributed by atoms with Gasteiger partial charge in [0.15, 0.2) is 0 Å². The highest BCUT2D eigenvalue weighted by atomic mass is 16.5. The van der Waals surface area contributed by atoms with Crippen molar-refractivity contribution >= 4 is 28.3 Å². The van der Waals surface area contributed by atoms with Gasteiger partial charge < -0.3 is 19.7 Å². The van der Waals surface area contributed by atoms with Crippen molar-refractivity contribution in [3.8, 4) is 5.75 Å². The van der Waals surface area contributed by atoms with Gasteiger partial charge in [-0.2, -0.15) is 0 Å². The minimum absolute atomic E-state index is 0.0549. The summed E-state index contributed by atoms with van der Waals surface area (Å²) in [5.74, 6) is 1.41. The number of para-hydroxylation sites is 1. The smallest absolute Gasteiger partial charge is 0.257 e. The van der Waals surface area contributed by atoms with E-state index in [4.69, 9.17) is 9.47 Å². The molecule has 0 saturated carbocycles. The van der Waals surface area contributed by atoms with Gasteiger partial charge in [-0.05, 0) is 54.4 Å². The van der Waals surface area contributed by atoms with Gasteiger partial charge in [0.25, 0.3) is 5.91 Å². The van der Waals surface area contributed by atoms with Gasteiger partial charge in [-0.25, -0.2) is 4.98 Å². The van der Waals surface area contributed by atoms with Crippen LogP contribution in [-0.2, 0) is 11.2 Å². The molecule has 1 N–H and O–H groups in total. The lowest BCUT2D eigenvalue weighted by Gasteiger charge is -2.25. The van der Waals surface area contributed by atoms with E-state index in [2.05, 4.69) is 39.6 Å². The first-order valence-corrected chi connectivity index (χ1v) is 11.8. The molecule has 4 aromatic rings. The lowest BCUT2D eigenvalue weighted by molar-refractivity contribution is 0.0738. The van der Waals surface area contributed by atoms with Crippen molar-refractivity contribution < 1.29 is 14.3 Å². The summed E-state index contributed by atoms with van der Waals surface area (Å²) in [6.45, 7) is 2.27. The Bertz CT molecular complexity index is 1300. The number of pyridine rings is 2. The number of nitrogens with one attached hydrogen (secondary N) is 1. The van der Waals surface area contributed by atoms with Gasteiger partial charge in [-0.3, -0.25) is 9.78 Å². The molecule has 1 amide bonds. The highest BCUT2D eigenvalue weighted by Gasteiger charge is 2.26. The van der Waals surface area contributed by atoms with Crippen LogP contribution < -0.4 is 10.1 Å². The summed E-state index contributed by atoms with van der Waals surface area (Å²) in [6.07, 6.45) is 4.30. The number of carbonyl (C=O) groups is 1. The van der Waals surface area contributed by atoms with Gasteiger partial charge in [0.2, 0.25) is 0 Å². The zero-order valence-electron chi connectivity index (χ0n) is 19.7. The number of rotatable bonds is 6. The average molecular weight is 469 g/mol. The Morgan fingerprint density at radius 2 is 1.86 bits per heavy atom. The molecule has 0 spiro atoms. The van der Waals surface area contributed by atoms with Crippen molar-refractivity contribution in [1.29, 1.82) is 0 Å². The number of anilines is 2. The SMILES string of the molecule is COc1ccc(Nc2ncccc2C(=O)N2CCOC[C@H](Cc3cccc4cccnc34)C2)cc1. The van der Waals surface area contributed by atoms with Crippen LogP contribution in [0.4, 0.5) is 11.5 Å². The fourth-order valence-electron chi connectivity index (χ4n) is 4.49. The molecule has 1 aliphatic heterocycles. The first-order valence-electron chi connectivity index (χ1n) is 11.8. The number of fused-ring (bicyclic) bond motifs is 1. The molecule has 1 saturated heterocycles. The van der Waals surface area contributed by atoms with Crippen LogP contribution >= 0.6 is 0 Å². The van der Waals surface area contributed by atoms with Crippen LogP contribution in [0.2, 0.25) is 0 Å². The molecule has 1 aliphatic rings. The number of methoxy groups -OCH3 is 1. The molecule has 178 valence electrons. The molecular weight excluding hydrogens is 440 g/mol. The third kappa shape index (κ3) is 5.25. The first-order chi connectivity index (χ1) is 17.2. The van der Waals surface area contributed by atoms with E-state index in [9.17, 15) is 4.79 Å². The van der Waals surface area contributed by atoms with Crippen LogP contribution in [0.5, 0.6) is 5.75 Å². The fourth-order valence-corrected chi connectivity index (χ4v) is 4.49. The normalized spacial score (nSPS) is 16.0. The number of amides is 1. The Labute approximate surface area is 204 Å². The third-order valence-corrected chi connectivity index (χ3v) is 6.24. The number of aromatic nitrogens is 2. The van der Waals surface area contributed by atoms with Crippen LogP contribution in [0.3, 0.4) is 0 Å². The summed E-state index contributed by atoms with van der Waals surface area (Å²) < 4.78 is 11.1. The van der Waals surface area contributed by atoms with E-state index in [0.717, 1.165) is 28.8 Å². The van der Waals surface area contributed by atoms with Gasteiger partial charge >= 0.3 is 0 Å². The number of benzene rings is 2. The minimum Gasteiger partial charge on any atom is -0.497 e. The van der Waals surface area contributed by atoms with Gasteiger partial charge in [-0.15, -0.1) is 0 Å². The minimum atomic E-state index is -0.0549. The Morgan fingerprint density at radius 1 is 1.06 bits per heavy atom. The number of ether oxygens (including phenoxy) is 2. The summed E-state index contributed by atoms with van der Waals surface area (Å²) >= 11 is 0. The van der Waals surface area contributed by atoms with E-state index < -0.39 is 0 Å². The van der Waals surface area contributed by atoms with Crippen LogP contribution in [-0.4, -0.2) is 54.2 Å². The number of hydrogen-bond donors (Lipinski definition) is 1. The Balaban J connectivity index is 1.34. The zero-order valence-corrected chi connectivity index (χ0v) is 19.7. The van der Waals surface area contributed by atoms with E-state index in [1.807, 2.05) is 47.5 Å². The molecular formula is C28H28N4O3. The molecule has 0 unspecified atom stereocenters. The highest BCUT2D eigenvalue weighted by Crippen LogP contribution is 2.25. The van der Waals surface area contributed by atoms with E-state index in [0.29, 0.717) is 37.7 Å². The second-order valence-corrected chi connectivity index (χ2v) is 8.64. The van der Waals surface area contributed by atoms with E-state index in [1.165, 1.54) is 5.56 Å². The van der Waals surface area contributed by atoms with Crippen molar-refractivity contribution in [2.45, 2.75) is 6.42 Å². The third-order valence-electron chi connectivity index (χ3n) is 6.24. The first kappa shape index (κ1) is 22.8. The van der Waals surface area contributed by atoms with Crippen LogP contribution in [0.1, 0.15) is 15.9 Å². The molecule has 3 heterocycles. The standard InChI is InChI=1S/C28H28N4O3/c1-34-24-11-9-23(10-12-24)31-27-25(8-4-14-30-27)28(33)32-15-16-35-19-20(18-32)17-22-6-2-5-21-7-3-13-29-26(21)22/h2-14,20H,15-19H2,1H3,(H,30,31)/t20-/m1/s1. The maximum atomic E-state index is 13.6. The largest absolute Gasteiger partial charge is 0.497 e. The lowest BCUT2D eigenvalue weighted by atomic mass is 9.97. The van der Waals surface area contributed by atoms with Crippen molar-refractivity contribution in [3.63, 3.8) is 0 Å². The fraction of sp³-hybridized carbons (Fsp3) is 0.250. The van der Waals surface area contributed by atoms with Crippen molar-refractivity contribution in [2.75, 3.05) is 38.7 Å². The molecule has 0 bridgehead atoms. The Kier molecular flexibility index (Phi) is 6.86. The van der Waals surface area contributed by atoms with E-state index in [1.54, 1.807) is 19.4 Å². The summed E-state index contributed by atoms with van der Waals surface area (Å²) in [7, 11) is 1.63. The molecule has 2 aromatic carbocycles. The molecule has 35 heavy (non-hydrogen) atoms. The van der Waals surface area contributed by atoms with E-state index in [-0.39, 0.29) is 11.8 Å². The molecule has 0 aliphatic carbocycles. The zero-order chi connectivity index (χ0) is 24.0. The van der Waals surface area contributed by atoms with Crippen LogP contribution in [0, 0.1) is 5.92 Å². The summed E-state index contributed by atoms with van der Waals surface area (Å²) in [5.41, 5.74) is 3.56. The van der Waals surface area contributed by atoms with Crippen LogP contribution in [0.25, 0.3) is 10.9 Å². The predicted molar refractivity (Wildman–Crippen MR) is 136 cm³/mol. The lowest BCUT2D eigenvalue weighted by Crippen LogP contribution is -2.36. The van der Waals surface area contributed by atoms with Gasteiger partial charge in [0.1, 0.15) is 11.6 Å². The van der Waals surface area contributed by atoms with E-state index >= 15 is 0 Å². The summed E-state index contributed by atoms with van der Waals surface area (Å²) in [6, 6.07) is 21.4. The van der Waals surface area contributed by atoms with Gasteiger partial charge in [-0.1, -0.05) is 24.3 Å². The molecule has 1 fully saturated rings. The quantitative estimate of drug-likeness (QED) is 0.442. The molecule has 1 atom stereocenters. The van der Waals surface area contributed by atoms with Crippen molar-refractivity contribution in [2.24, 2.45) is 5.92 Å². The Morgan fingerprint density at radius 3 is 2.71 bits per heavy atom. The van der Waals surface area contributed by atoms with Gasteiger partial charge in [0.05, 0.1) is 31.4 Å². The van der Waals surface area contributed by atoms with Crippen molar-refractivity contribution in [3.05, 3.63) is 90.3 Å².